The van der Waals surface area contributed by atoms with E-state index in [4.69, 9.17) is 0 Å². The van der Waals surface area contributed by atoms with Crippen LogP contribution in [0.3, 0.4) is 0 Å². The van der Waals surface area contributed by atoms with E-state index in [1.807, 2.05) is 24.3 Å². The molecule has 0 radical (unpaired) electrons. The summed E-state index contributed by atoms with van der Waals surface area (Å²) in [7, 11) is 0. The Hall–Kier alpha value is -1.77. The number of nitrogens with one attached hydrogen (secondary N) is 1. The Morgan fingerprint density at radius 1 is 1.08 bits per heavy atom. The van der Waals surface area contributed by atoms with Gasteiger partial charge in [-0.15, -0.1) is 0 Å². The SMILES string of the molecule is [O-]C1=NNC(=C2C=CC=C2)C=C1. The van der Waals surface area contributed by atoms with Gasteiger partial charge in [0.15, 0.2) is 0 Å². The maximum Gasteiger partial charge on any atom is 0.0634 e. The van der Waals surface area contributed by atoms with Gasteiger partial charge < -0.3 is 5.11 Å². The van der Waals surface area contributed by atoms with Crippen molar-refractivity contribution >= 4 is 5.90 Å². The van der Waals surface area contributed by atoms with E-state index in [2.05, 4.69) is 10.5 Å². The summed E-state index contributed by atoms with van der Waals surface area (Å²) in [6, 6.07) is 0. The molecule has 2 aliphatic rings. The molecule has 1 heterocycles. The van der Waals surface area contributed by atoms with Crippen molar-refractivity contribution in [2.24, 2.45) is 5.10 Å². The van der Waals surface area contributed by atoms with E-state index in [0.717, 1.165) is 11.3 Å². The summed E-state index contributed by atoms with van der Waals surface area (Å²) in [5, 5.41) is 14.2. The molecule has 0 unspecified atom stereocenters. The Balaban J connectivity index is 2.29. The highest BCUT2D eigenvalue weighted by Crippen LogP contribution is 2.13. The van der Waals surface area contributed by atoms with Gasteiger partial charge in [0.2, 0.25) is 0 Å². The first-order valence-corrected chi connectivity index (χ1v) is 3.64. The van der Waals surface area contributed by atoms with Crippen molar-refractivity contribution in [2.75, 3.05) is 0 Å². The van der Waals surface area contributed by atoms with E-state index in [1.54, 1.807) is 6.08 Å². The molecular formula is C9H7N2O-. The van der Waals surface area contributed by atoms with Crippen LogP contribution in [0.4, 0.5) is 0 Å². The van der Waals surface area contributed by atoms with Gasteiger partial charge in [-0.2, -0.15) is 5.10 Å². The standard InChI is InChI=1S/C9H8N2O/c12-9-6-5-8(10-11-9)7-3-1-2-4-7/h1-6,10H,(H,11,12)/p-1. The Morgan fingerprint density at radius 3 is 2.42 bits per heavy atom. The second kappa shape index (κ2) is 2.70. The number of allylic oxidation sites excluding steroid dienone is 6. The summed E-state index contributed by atoms with van der Waals surface area (Å²) >= 11 is 0. The fourth-order valence-corrected chi connectivity index (χ4v) is 1.06. The average molecular weight is 159 g/mol. The molecule has 0 aromatic rings. The molecule has 0 aromatic carbocycles. The van der Waals surface area contributed by atoms with E-state index < -0.39 is 0 Å². The fraction of sp³-hybridized carbons (Fsp3) is 0. The van der Waals surface area contributed by atoms with Crippen molar-refractivity contribution in [1.82, 2.24) is 5.43 Å². The molecule has 1 aliphatic carbocycles. The van der Waals surface area contributed by atoms with Crippen LogP contribution in [0.25, 0.3) is 0 Å². The average Bonchev–Trinajstić information content (AvgIpc) is 2.58. The number of hydrogen-bond acceptors (Lipinski definition) is 3. The lowest BCUT2D eigenvalue weighted by atomic mass is 10.2. The lowest BCUT2D eigenvalue weighted by molar-refractivity contribution is -0.212. The zero-order chi connectivity index (χ0) is 8.39. The molecule has 1 N–H and O–H groups in total. The normalized spacial score (nSPS) is 19.8. The Labute approximate surface area is 70.1 Å². The van der Waals surface area contributed by atoms with E-state index in [-0.39, 0.29) is 5.90 Å². The molecule has 0 atom stereocenters. The zero-order valence-electron chi connectivity index (χ0n) is 6.32. The summed E-state index contributed by atoms with van der Waals surface area (Å²) in [5.74, 6) is -0.245. The minimum atomic E-state index is -0.245. The van der Waals surface area contributed by atoms with Gasteiger partial charge in [-0.25, -0.2) is 0 Å². The first kappa shape index (κ1) is 6.91. The number of hydrogen-bond donors (Lipinski definition) is 1. The molecular weight excluding hydrogens is 152 g/mol. The highest BCUT2D eigenvalue weighted by Gasteiger charge is 2.01. The molecule has 3 nitrogen and oxygen atoms in total. The van der Waals surface area contributed by atoms with E-state index in [9.17, 15) is 5.11 Å². The van der Waals surface area contributed by atoms with Crippen LogP contribution in [-0.4, -0.2) is 5.90 Å². The molecule has 0 saturated heterocycles. The quantitative estimate of drug-likeness (QED) is 0.548. The van der Waals surface area contributed by atoms with Crippen molar-refractivity contribution in [3.63, 3.8) is 0 Å². The molecule has 0 spiro atoms. The minimum Gasteiger partial charge on any atom is -0.857 e. The monoisotopic (exact) mass is 159 g/mol. The number of hydrazone groups is 1. The third-order valence-electron chi connectivity index (χ3n) is 1.65. The lowest BCUT2D eigenvalue weighted by Crippen LogP contribution is -2.23. The highest BCUT2D eigenvalue weighted by atomic mass is 16.3. The maximum absolute atomic E-state index is 10.6. The number of rotatable bonds is 0. The second-order valence-electron chi connectivity index (χ2n) is 2.48. The first-order chi connectivity index (χ1) is 5.86. The molecule has 0 aromatic heterocycles. The summed E-state index contributed by atoms with van der Waals surface area (Å²) in [4.78, 5) is 0. The van der Waals surface area contributed by atoms with Crippen LogP contribution in [0.5, 0.6) is 0 Å². The fourth-order valence-electron chi connectivity index (χ4n) is 1.06. The van der Waals surface area contributed by atoms with Crippen LogP contribution in [0.2, 0.25) is 0 Å². The molecule has 0 amide bonds. The van der Waals surface area contributed by atoms with Crippen LogP contribution in [0.15, 0.2) is 52.8 Å². The summed E-state index contributed by atoms with van der Waals surface area (Å²) < 4.78 is 0. The van der Waals surface area contributed by atoms with Crippen LogP contribution in [-0.2, 0) is 0 Å². The largest absolute Gasteiger partial charge is 0.857 e. The Kier molecular flexibility index (Phi) is 1.55. The predicted octanol–water partition coefficient (Wildman–Crippen LogP) is 0.200. The van der Waals surface area contributed by atoms with Crippen molar-refractivity contribution < 1.29 is 5.11 Å². The third-order valence-corrected chi connectivity index (χ3v) is 1.65. The smallest absolute Gasteiger partial charge is 0.0634 e. The van der Waals surface area contributed by atoms with Gasteiger partial charge in [0.1, 0.15) is 0 Å². The molecule has 0 saturated carbocycles. The van der Waals surface area contributed by atoms with Crippen LogP contribution >= 0.6 is 0 Å². The molecule has 0 bridgehead atoms. The van der Waals surface area contributed by atoms with E-state index in [0.29, 0.717) is 0 Å². The maximum atomic E-state index is 10.6. The number of nitrogens with zero attached hydrogens (tertiary/aromatic N) is 1. The van der Waals surface area contributed by atoms with Gasteiger partial charge in [-0.05, 0) is 17.7 Å². The van der Waals surface area contributed by atoms with Gasteiger partial charge in [-0.1, -0.05) is 24.3 Å². The van der Waals surface area contributed by atoms with Crippen molar-refractivity contribution in [3.8, 4) is 0 Å². The van der Waals surface area contributed by atoms with Crippen molar-refractivity contribution in [2.45, 2.75) is 0 Å². The van der Waals surface area contributed by atoms with Gasteiger partial charge in [0, 0.05) is 5.90 Å². The second-order valence-corrected chi connectivity index (χ2v) is 2.48. The molecule has 0 fully saturated rings. The van der Waals surface area contributed by atoms with Gasteiger partial charge in [0.25, 0.3) is 0 Å². The van der Waals surface area contributed by atoms with E-state index >= 15 is 0 Å². The van der Waals surface area contributed by atoms with Crippen LogP contribution in [0.1, 0.15) is 0 Å². The summed E-state index contributed by atoms with van der Waals surface area (Å²) in [6.07, 6.45) is 11.0. The summed E-state index contributed by atoms with van der Waals surface area (Å²) in [6.45, 7) is 0. The van der Waals surface area contributed by atoms with Gasteiger partial charge in [0.05, 0.1) is 5.70 Å². The highest BCUT2D eigenvalue weighted by molar-refractivity contribution is 5.85. The van der Waals surface area contributed by atoms with Crippen LogP contribution in [0, 0.1) is 0 Å². The van der Waals surface area contributed by atoms with Crippen molar-refractivity contribution in [3.05, 3.63) is 47.7 Å². The Bertz CT molecular complexity index is 332. The minimum absolute atomic E-state index is 0.245. The molecule has 12 heavy (non-hydrogen) atoms. The summed E-state index contributed by atoms with van der Waals surface area (Å²) in [5.41, 5.74) is 4.58. The lowest BCUT2D eigenvalue weighted by Gasteiger charge is -2.13. The van der Waals surface area contributed by atoms with Gasteiger partial charge in [-0.3, -0.25) is 5.43 Å². The van der Waals surface area contributed by atoms with Gasteiger partial charge >= 0.3 is 0 Å². The molecule has 1 aliphatic heterocycles. The predicted molar refractivity (Wildman–Crippen MR) is 45.0 cm³/mol. The molecule has 60 valence electrons. The molecule has 3 heteroatoms. The zero-order valence-corrected chi connectivity index (χ0v) is 6.32. The Morgan fingerprint density at radius 2 is 1.83 bits per heavy atom. The molecule has 2 rings (SSSR count). The van der Waals surface area contributed by atoms with Crippen molar-refractivity contribution in [1.29, 1.82) is 0 Å². The van der Waals surface area contributed by atoms with E-state index in [1.165, 1.54) is 6.08 Å². The van der Waals surface area contributed by atoms with Crippen LogP contribution < -0.4 is 10.5 Å². The topological polar surface area (TPSA) is 47.5 Å². The first-order valence-electron chi connectivity index (χ1n) is 3.64. The third kappa shape index (κ3) is 1.16.